The Morgan fingerprint density at radius 3 is 2.52 bits per heavy atom. The SMILES string of the molecule is Cn1c(C(=O)NC(=N)N)cc2c(C(F)(F)F)ccc(OS(=O)(=O)[O-])c21.[H+]. The molecule has 4 N–H and O–H groups in total. The predicted octanol–water partition coefficient (Wildman–Crippen LogP) is 0.772. The number of aryl methyl sites for hydroxylation is 1. The van der Waals surface area contributed by atoms with Gasteiger partial charge >= 0.3 is 7.60 Å². The highest BCUT2D eigenvalue weighted by atomic mass is 32.3. The van der Waals surface area contributed by atoms with Crippen molar-refractivity contribution in [2.45, 2.75) is 6.18 Å². The molecule has 1 aromatic heterocycles. The van der Waals surface area contributed by atoms with Crippen molar-refractivity contribution in [3.05, 3.63) is 29.5 Å². The standard InChI is InChI=1S/C12H11F3N4O5S/c1-19-7(10(20)18-11(16)17)4-5-6(12(13,14)15)2-3-8(9(5)19)24-25(21,22)23/h2-4H,1H3,(H,21,22,23)(H4,16,17,18,20). The summed E-state index contributed by atoms with van der Waals surface area (Å²) in [6, 6.07) is 2.00. The van der Waals surface area contributed by atoms with Gasteiger partial charge in [-0.25, -0.2) is 8.42 Å². The maximum Gasteiger partial charge on any atom is 1.00 e. The summed E-state index contributed by atoms with van der Waals surface area (Å²) in [6.45, 7) is 0. The van der Waals surface area contributed by atoms with Gasteiger partial charge in [-0.05, 0) is 18.2 Å². The van der Waals surface area contributed by atoms with Crippen LogP contribution in [-0.2, 0) is 23.6 Å². The van der Waals surface area contributed by atoms with Crippen LogP contribution in [0.25, 0.3) is 10.9 Å². The Hall–Kier alpha value is -2.80. The molecule has 2 rings (SSSR count). The van der Waals surface area contributed by atoms with E-state index in [9.17, 15) is 30.9 Å². The Morgan fingerprint density at radius 2 is 2.04 bits per heavy atom. The van der Waals surface area contributed by atoms with Crippen molar-refractivity contribution in [1.82, 2.24) is 9.88 Å². The molecule has 1 heterocycles. The summed E-state index contributed by atoms with van der Waals surface area (Å²) in [5.41, 5.74) is 3.03. The Balaban J connectivity index is 0.00000338. The van der Waals surface area contributed by atoms with Gasteiger partial charge in [-0.15, -0.1) is 0 Å². The summed E-state index contributed by atoms with van der Waals surface area (Å²) >= 11 is 0. The smallest absolute Gasteiger partial charge is 0.716 e. The number of nitrogens with two attached hydrogens (primary N) is 1. The monoisotopic (exact) mass is 380 g/mol. The minimum atomic E-state index is -5.26. The van der Waals surface area contributed by atoms with E-state index in [0.29, 0.717) is 12.1 Å². The topological polar surface area (TPSA) is 150 Å². The minimum Gasteiger partial charge on any atom is -0.716 e. The lowest BCUT2D eigenvalue weighted by Gasteiger charge is -2.14. The van der Waals surface area contributed by atoms with Gasteiger partial charge in [0.15, 0.2) is 11.7 Å². The van der Waals surface area contributed by atoms with Gasteiger partial charge in [-0.1, -0.05) is 0 Å². The number of benzene rings is 1. The van der Waals surface area contributed by atoms with Crippen LogP contribution < -0.4 is 15.2 Å². The summed E-state index contributed by atoms with van der Waals surface area (Å²) in [5, 5.41) is 8.31. The number of guanidine groups is 1. The lowest BCUT2D eigenvalue weighted by Crippen LogP contribution is -2.36. The van der Waals surface area contributed by atoms with Gasteiger partial charge in [0.05, 0.1) is 11.1 Å². The first kappa shape index (κ1) is 18.5. The number of halogens is 3. The Kier molecular flexibility index (Phi) is 4.40. The molecule has 0 spiro atoms. The Bertz CT molecular complexity index is 987. The second-order valence-electron chi connectivity index (χ2n) is 4.82. The molecule has 0 fully saturated rings. The largest absolute Gasteiger partial charge is 1.00 e. The first-order chi connectivity index (χ1) is 11.3. The van der Waals surface area contributed by atoms with Crippen molar-refractivity contribution in [2.75, 3.05) is 0 Å². The van der Waals surface area contributed by atoms with Crippen LogP contribution in [0.2, 0.25) is 0 Å². The predicted molar refractivity (Wildman–Crippen MR) is 78.7 cm³/mol. The van der Waals surface area contributed by atoms with Gasteiger partial charge in [0.2, 0.25) is 0 Å². The quantitative estimate of drug-likeness (QED) is 0.310. The van der Waals surface area contributed by atoms with Crippen LogP contribution in [-0.4, -0.2) is 29.4 Å². The molecule has 0 atom stereocenters. The molecule has 0 radical (unpaired) electrons. The van der Waals surface area contributed by atoms with E-state index in [1.54, 1.807) is 0 Å². The van der Waals surface area contributed by atoms with Gasteiger partial charge in [-0.2, -0.15) is 13.2 Å². The average Bonchev–Trinajstić information content (AvgIpc) is 2.73. The minimum absolute atomic E-state index is 0. The van der Waals surface area contributed by atoms with E-state index in [-0.39, 0.29) is 7.12 Å². The molecule has 0 unspecified atom stereocenters. The third-order valence-electron chi connectivity index (χ3n) is 3.14. The number of nitrogens with one attached hydrogen (secondary N) is 2. The fourth-order valence-corrected chi connectivity index (χ4v) is 2.62. The average molecular weight is 380 g/mol. The van der Waals surface area contributed by atoms with E-state index in [1.165, 1.54) is 0 Å². The maximum atomic E-state index is 13.2. The van der Waals surface area contributed by atoms with E-state index < -0.39 is 50.7 Å². The molecular formula is C12H11F3N4O5S. The van der Waals surface area contributed by atoms with Crippen LogP contribution in [0.15, 0.2) is 18.2 Å². The second kappa shape index (κ2) is 5.93. The third-order valence-corrected chi connectivity index (χ3v) is 3.52. The molecule has 0 bridgehead atoms. The molecule has 0 aliphatic rings. The number of carbonyl (C=O) groups is 1. The fourth-order valence-electron chi connectivity index (χ4n) is 2.26. The van der Waals surface area contributed by atoms with E-state index in [2.05, 4.69) is 4.18 Å². The van der Waals surface area contributed by atoms with Gasteiger partial charge in [0.1, 0.15) is 5.69 Å². The van der Waals surface area contributed by atoms with Crippen LogP contribution in [0, 0.1) is 5.41 Å². The zero-order chi connectivity index (χ0) is 19.2. The van der Waals surface area contributed by atoms with Crippen molar-refractivity contribution in [3.63, 3.8) is 0 Å². The van der Waals surface area contributed by atoms with E-state index >= 15 is 0 Å². The molecule has 0 saturated heterocycles. The number of nitrogens with zero attached hydrogens (tertiary/aromatic N) is 1. The van der Waals surface area contributed by atoms with Crippen molar-refractivity contribution in [3.8, 4) is 5.75 Å². The van der Waals surface area contributed by atoms with Crippen molar-refractivity contribution < 1.29 is 36.5 Å². The number of carbonyl (C=O) groups excluding carboxylic acids is 1. The first-order valence-electron chi connectivity index (χ1n) is 6.31. The summed E-state index contributed by atoms with van der Waals surface area (Å²) in [5.74, 6) is -2.43. The molecule has 1 aromatic carbocycles. The van der Waals surface area contributed by atoms with Gasteiger partial charge < -0.3 is 19.0 Å². The van der Waals surface area contributed by atoms with Gasteiger partial charge in [-0.3, -0.25) is 15.5 Å². The van der Waals surface area contributed by atoms with Crippen LogP contribution in [0.4, 0.5) is 13.2 Å². The highest BCUT2D eigenvalue weighted by Gasteiger charge is 2.35. The van der Waals surface area contributed by atoms with Crippen molar-refractivity contribution in [1.29, 1.82) is 5.41 Å². The number of alkyl halides is 3. The molecular weight excluding hydrogens is 369 g/mol. The molecule has 2 aromatic rings. The number of hydrogen-bond donors (Lipinski definition) is 3. The first-order valence-corrected chi connectivity index (χ1v) is 7.65. The third kappa shape index (κ3) is 3.83. The zero-order valence-electron chi connectivity index (χ0n) is 13.3. The van der Waals surface area contributed by atoms with Crippen LogP contribution >= 0.6 is 0 Å². The molecule has 9 nitrogen and oxygen atoms in total. The summed E-state index contributed by atoms with van der Waals surface area (Å²) in [7, 11) is -4.11. The van der Waals surface area contributed by atoms with Crippen molar-refractivity contribution >= 4 is 33.2 Å². The highest BCUT2D eigenvalue weighted by molar-refractivity contribution is 7.81. The Morgan fingerprint density at radius 1 is 1.44 bits per heavy atom. The summed E-state index contributed by atoms with van der Waals surface area (Å²) < 4.78 is 76.9. The molecule has 0 saturated carbocycles. The van der Waals surface area contributed by atoms with Crippen LogP contribution in [0.3, 0.4) is 0 Å². The molecule has 0 aliphatic heterocycles. The zero-order valence-corrected chi connectivity index (χ0v) is 13.2. The lowest BCUT2D eigenvalue weighted by atomic mass is 10.1. The van der Waals surface area contributed by atoms with Gasteiger partial charge in [0.25, 0.3) is 16.3 Å². The molecule has 25 heavy (non-hydrogen) atoms. The fraction of sp³-hybridized carbons (Fsp3) is 0.167. The van der Waals surface area contributed by atoms with E-state index in [1.807, 2.05) is 5.32 Å². The second-order valence-corrected chi connectivity index (χ2v) is 5.80. The number of amides is 1. The molecule has 136 valence electrons. The molecule has 1 amide bonds. The highest BCUT2D eigenvalue weighted by Crippen LogP contribution is 2.39. The number of fused-ring (bicyclic) bond motifs is 1. The lowest BCUT2D eigenvalue weighted by molar-refractivity contribution is -0.136. The van der Waals surface area contributed by atoms with Crippen LogP contribution in [0.1, 0.15) is 17.5 Å². The Labute approximate surface area is 140 Å². The number of aromatic nitrogens is 1. The normalized spacial score (nSPS) is 12.2. The van der Waals surface area contributed by atoms with E-state index in [4.69, 9.17) is 11.1 Å². The van der Waals surface area contributed by atoms with Gasteiger partial charge in [0, 0.05) is 12.4 Å². The summed E-state index contributed by atoms with van der Waals surface area (Å²) in [6.07, 6.45) is -4.82. The molecule has 0 aliphatic carbocycles. The number of hydrogen-bond acceptors (Lipinski definition) is 6. The number of rotatable bonds is 3. The maximum absolute atomic E-state index is 13.2. The summed E-state index contributed by atoms with van der Waals surface area (Å²) in [4.78, 5) is 11.9. The van der Waals surface area contributed by atoms with Crippen LogP contribution in [0.5, 0.6) is 5.75 Å². The van der Waals surface area contributed by atoms with E-state index in [0.717, 1.165) is 17.7 Å². The molecule has 13 heteroatoms. The van der Waals surface area contributed by atoms with Crippen molar-refractivity contribution in [2.24, 2.45) is 12.8 Å².